The summed E-state index contributed by atoms with van der Waals surface area (Å²) in [6, 6.07) is 7.94. The lowest BCUT2D eigenvalue weighted by atomic mass is 10.1. The molecule has 0 fully saturated rings. The first kappa shape index (κ1) is 12.7. The van der Waals surface area contributed by atoms with Gasteiger partial charge in [0.15, 0.2) is 0 Å². The number of fused-ring (bicyclic) bond motifs is 3. The van der Waals surface area contributed by atoms with Crippen LogP contribution in [0.2, 0.25) is 0 Å². The van der Waals surface area contributed by atoms with Crippen LogP contribution in [0.1, 0.15) is 5.56 Å². The first-order chi connectivity index (χ1) is 9.71. The number of hydrogen-bond donors (Lipinski definition) is 1. The lowest BCUT2D eigenvalue weighted by Gasteiger charge is -2.06. The van der Waals surface area contributed by atoms with E-state index in [9.17, 15) is 0 Å². The Labute approximate surface area is 117 Å². The number of aromatic amines is 1. The number of ether oxygens (including phenoxy) is 3. The predicted octanol–water partition coefficient (Wildman–Crippen LogP) is 3.66. The molecule has 1 N–H and O–H groups in total. The monoisotopic (exact) mass is 271 g/mol. The zero-order chi connectivity index (χ0) is 14.3. The molecule has 0 radical (unpaired) electrons. The van der Waals surface area contributed by atoms with E-state index in [-0.39, 0.29) is 0 Å². The first-order valence-electron chi connectivity index (χ1n) is 6.41. The fourth-order valence-electron chi connectivity index (χ4n) is 2.70. The maximum Gasteiger partial charge on any atom is 0.145 e. The number of aryl methyl sites for hydroxylation is 1. The van der Waals surface area contributed by atoms with Crippen molar-refractivity contribution in [3.05, 3.63) is 29.8 Å². The van der Waals surface area contributed by atoms with Crippen molar-refractivity contribution in [3.63, 3.8) is 0 Å². The van der Waals surface area contributed by atoms with Gasteiger partial charge in [0, 0.05) is 5.39 Å². The number of nitrogens with one attached hydrogen (secondary N) is 1. The molecule has 0 aliphatic rings. The Balaban J connectivity index is 2.53. The quantitative estimate of drug-likeness (QED) is 0.790. The topological polar surface area (TPSA) is 43.5 Å². The third kappa shape index (κ3) is 1.61. The van der Waals surface area contributed by atoms with Crippen LogP contribution >= 0.6 is 0 Å². The van der Waals surface area contributed by atoms with Crippen molar-refractivity contribution >= 4 is 21.8 Å². The van der Waals surface area contributed by atoms with Crippen molar-refractivity contribution in [2.45, 2.75) is 6.92 Å². The zero-order valence-corrected chi connectivity index (χ0v) is 12.0. The van der Waals surface area contributed by atoms with E-state index in [1.165, 1.54) is 0 Å². The highest BCUT2D eigenvalue weighted by Crippen LogP contribution is 2.41. The van der Waals surface area contributed by atoms with E-state index in [0.717, 1.165) is 44.6 Å². The SMILES string of the molecule is COc1c(C)ccc2c1[nH]c1c(OC)ccc(OC)c12. The molecule has 1 heterocycles. The highest BCUT2D eigenvalue weighted by molar-refractivity contribution is 6.14. The molecule has 0 spiro atoms. The Morgan fingerprint density at radius 3 is 2.15 bits per heavy atom. The van der Waals surface area contributed by atoms with Gasteiger partial charge in [-0.15, -0.1) is 0 Å². The second-order valence-electron chi connectivity index (χ2n) is 4.68. The number of aromatic nitrogens is 1. The van der Waals surface area contributed by atoms with Crippen molar-refractivity contribution in [1.82, 2.24) is 4.98 Å². The molecule has 0 unspecified atom stereocenters. The number of benzene rings is 2. The van der Waals surface area contributed by atoms with Gasteiger partial charge < -0.3 is 19.2 Å². The van der Waals surface area contributed by atoms with Crippen LogP contribution in [-0.4, -0.2) is 26.3 Å². The number of H-pyrrole nitrogens is 1. The molecular formula is C16H17NO3. The van der Waals surface area contributed by atoms with Crippen LogP contribution in [0.3, 0.4) is 0 Å². The van der Waals surface area contributed by atoms with Gasteiger partial charge in [-0.05, 0) is 24.6 Å². The normalized spacial score (nSPS) is 11.0. The summed E-state index contributed by atoms with van der Waals surface area (Å²) in [5.41, 5.74) is 2.97. The lowest BCUT2D eigenvalue weighted by molar-refractivity contribution is 0.410. The van der Waals surface area contributed by atoms with Crippen LogP contribution in [0.25, 0.3) is 21.8 Å². The number of hydrogen-bond acceptors (Lipinski definition) is 3. The van der Waals surface area contributed by atoms with Crippen molar-refractivity contribution in [3.8, 4) is 17.2 Å². The summed E-state index contributed by atoms with van der Waals surface area (Å²) in [4.78, 5) is 3.40. The molecule has 4 heteroatoms. The molecule has 0 aliphatic heterocycles. The first-order valence-corrected chi connectivity index (χ1v) is 6.41. The van der Waals surface area contributed by atoms with E-state index in [1.54, 1.807) is 21.3 Å². The zero-order valence-electron chi connectivity index (χ0n) is 12.0. The fraction of sp³-hybridized carbons (Fsp3) is 0.250. The summed E-state index contributed by atoms with van der Waals surface area (Å²) >= 11 is 0. The number of methoxy groups -OCH3 is 3. The molecule has 0 amide bonds. The molecule has 3 rings (SSSR count). The third-order valence-corrected chi connectivity index (χ3v) is 3.65. The van der Waals surface area contributed by atoms with Crippen LogP contribution in [0.5, 0.6) is 17.2 Å². The van der Waals surface area contributed by atoms with Crippen LogP contribution < -0.4 is 14.2 Å². The minimum Gasteiger partial charge on any atom is -0.496 e. The molecule has 0 atom stereocenters. The summed E-state index contributed by atoms with van der Waals surface area (Å²) in [6.07, 6.45) is 0. The smallest absolute Gasteiger partial charge is 0.145 e. The van der Waals surface area contributed by atoms with Crippen LogP contribution in [0.15, 0.2) is 24.3 Å². The van der Waals surface area contributed by atoms with Gasteiger partial charge in [0.2, 0.25) is 0 Å². The Hall–Kier alpha value is -2.36. The standard InChI is InChI=1S/C16H17NO3/c1-9-5-6-10-13-11(18-2)7-8-12(19-3)15(13)17-14(10)16(9)20-4/h5-8,17H,1-4H3. The summed E-state index contributed by atoms with van der Waals surface area (Å²) < 4.78 is 16.4. The van der Waals surface area contributed by atoms with Gasteiger partial charge in [0.25, 0.3) is 0 Å². The summed E-state index contributed by atoms with van der Waals surface area (Å²) in [5.74, 6) is 2.46. The molecule has 20 heavy (non-hydrogen) atoms. The minimum absolute atomic E-state index is 0.789. The highest BCUT2D eigenvalue weighted by Gasteiger charge is 2.17. The molecule has 0 bridgehead atoms. The molecule has 2 aromatic carbocycles. The minimum atomic E-state index is 0.789. The molecule has 1 aromatic heterocycles. The average Bonchev–Trinajstić information content (AvgIpc) is 2.85. The number of rotatable bonds is 3. The second kappa shape index (κ2) is 4.63. The Morgan fingerprint density at radius 2 is 1.50 bits per heavy atom. The van der Waals surface area contributed by atoms with Gasteiger partial charge in [0.1, 0.15) is 17.2 Å². The molecular weight excluding hydrogens is 254 g/mol. The molecule has 0 saturated carbocycles. The van der Waals surface area contributed by atoms with Gasteiger partial charge in [0.05, 0.1) is 37.7 Å². The summed E-state index contributed by atoms with van der Waals surface area (Å²) in [7, 11) is 5.02. The predicted molar refractivity (Wildman–Crippen MR) is 80.2 cm³/mol. The van der Waals surface area contributed by atoms with E-state index in [1.807, 2.05) is 25.1 Å². The van der Waals surface area contributed by atoms with E-state index in [0.29, 0.717) is 0 Å². The van der Waals surface area contributed by atoms with Crippen LogP contribution in [0.4, 0.5) is 0 Å². The maximum atomic E-state index is 5.52. The Morgan fingerprint density at radius 1 is 0.800 bits per heavy atom. The van der Waals surface area contributed by atoms with Gasteiger partial charge in [-0.3, -0.25) is 0 Å². The van der Waals surface area contributed by atoms with Gasteiger partial charge in [-0.2, -0.15) is 0 Å². The van der Waals surface area contributed by atoms with Gasteiger partial charge in [-0.25, -0.2) is 0 Å². The van der Waals surface area contributed by atoms with Gasteiger partial charge >= 0.3 is 0 Å². The van der Waals surface area contributed by atoms with E-state index in [2.05, 4.69) is 11.1 Å². The Kier molecular flexibility index (Phi) is 2.93. The summed E-state index contributed by atoms with van der Waals surface area (Å²) in [6.45, 7) is 2.03. The van der Waals surface area contributed by atoms with Crippen LogP contribution in [-0.2, 0) is 0 Å². The van der Waals surface area contributed by atoms with Gasteiger partial charge in [-0.1, -0.05) is 12.1 Å². The van der Waals surface area contributed by atoms with Crippen molar-refractivity contribution in [2.24, 2.45) is 0 Å². The maximum absolute atomic E-state index is 5.52. The fourth-order valence-corrected chi connectivity index (χ4v) is 2.70. The Bertz CT molecular complexity index is 789. The molecule has 0 saturated heterocycles. The van der Waals surface area contributed by atoms with Crippen molar-refractivity contribution in [1.29, 1.82) is 0 Å². The molecule has 3 aromatic rings. The second-order valence-corrected chi connectivity index (χ2v) is 4.68. The summed E-state index contributed by atoms with van der Waals surface area (Å²) in [5, 5.41) is 2.08. The third-order valence-electron chi connectivity index (χ3n) is 3.65. The van der Waals surface area contributed by atoms with E-state index >= 15 is 0 Å². The molecule has 0 aliphatic carbocycles. The van der Waals surface area contributed by atoms with E-state index < -0.39 is 0 Å². The van der Waals surface area contributed by atoms with Crippen molar-refractivity contribution in [2.75, 3.05) is 21.3 Å². The lowest BCUT2D eigenvalue weighted by Crippen LogP contribution is -1.88. The highest BCUT2D eigenvalue weighted by atomic mass is 16.5. The van der Waals surface area contributed by atoms with E-state index in [4.69, 9.17) is 14.2 Å². The van der Waals surface area contributed by atoms with Crippen molar-refractivity contribution < 1.29 is 14.2 Å². The molecule has 4 nitrogen and oxygen atoms in total. The molecule has 104 valence electrons. The van der Waals surface area contributed by atoms with Crippen LogP contribution in [0, 0.1) is 6.92 Å². The largest absolute Gasteiger partial charge is 0.496 e. The average molecular weight is 271 g/mol.